The van der Waals surface area contributed by atoms with Gasteiger partial charge in [0.25, 0.3) is 0 Å². The molecule has 0 heterocycles. The van der Waals surface area contributed by atoms with E-state index in [0.29, 0.717) is 6.61 Å². The van der Waals surface area contributed by atoms with Crippen molar-refractivity contribution in [2.75, 3.05) is 25.6 Å². The van der Waals surface area contributed by atoms with E-state index in [1.54, 1.807) is 0 Å². The van der Waals surface area contributed by atoms with E-state index >= 15 is 0 Å². The fraction of sp³-hybridized carbons (Fsp3) is 0.409. The summed E-state index contributed by atoms with van der Waals surface area (Å²) in [5.41, 5.74) is 2.72. The lowest BCUT2D eigenvalue weighted by Gasteiger charge is -2.11. The molecule has 150 valence electrons. The number of carboxylic acid groups (broad SMARTS) is 1. The molecule has 0 saturated carbocycles. The molecule has 2 aromatic rings. The monoisotopic (exact) mass is 383 g/mol. The Balaban J connectivity index is 1.67. The highest BCUT2D eigenvalue weighted by Gasteiger charge is 1.99. The van der Waals surface area contributed by atoms with Crippen molar-refractivity contribution < 1.29 is 14.6 Å². The highest BCUT2D eigenvalue weighted by molar-refractivity contribution is 5.66. The Morgan fingerprint density at radius 3 is 1.96 bits per heavy atom. The Hall–Kier alpha value is -2.89. The largest absolute Gasteiger partial charge is 0.494 e. The van der Waals surface area contributed by atoms with Crippen molar-refractivity contribution in [3.05, 3.63) is 48.5 Å². The molecule has 0 aliphatic heterocycles. The van der Waals surface area contributed by atoms with Crippen molar-refractivity contribution in [3.8, 4) is 5.75 Å². The third kappa shape index (κ3) is 8.20. The van der Waals surface area contributed by atoms with Crippen LogP contribution in [0.4, 0.5) is 17.1 Å². The Labute approximate surface area is 166 Å². The van der Waals surface area contributed by atoms with Gasteiger partial charge in [0.15, 0.2) is 0 Å². The third-order valence-electron chi connectivity index (χ3n) is 4.29. The molecule has 0 bridgehead atoms. The van der Waals surface area contributed by atoms with Crippen LogP contribution in [0.1, 0.15) is 38.5 Å². The second-order valence-corrected chi connectivity index (χ2v) is 6.86. The van der Waals surface area contributed by atoms with Crippen LogP contribution in [0.3, 0.4) is 0 Å². The van der Waals surface area contributed by atoms with Crippen LogP contribution in [0.5, 0.6) is 5.75 Å². The molecule has 1 N–H and O–H groups in total. The predicted octanol–water partition coefficient (Wildman–Crippen LogP) is 5.97. The Kier molecular flexibility index (Phi) is 8.98. The van der Waals surface area contributed by atoms with Gasteiger partial charge in [-0.2, -0.15) is 10.2 Å². The first-order valence-corrected chi connectivity index (χ1v) is 9.68. The predicted molar refractivity (Wildman–Crippen MR) is 112 cm³/mol. The minimum absolute atomic E-state index is 0.265. The summed E-state index contributed by atoms with van der Waals surface area (Å²) in [7, 11) is 4.01. The van der Waals surface area contributed by atoms with Crippen LogP contribution in [0.25, 0.3) is 0 Å². The summed E-state index contributed by atoms with van der Waals surface area (Å²) in [4.78, 5) is 12.5. The van der Waals surface area contributed by atoms with E-state index in [9.17, 15) is 4.79 Å². The van der Waals surface area contributed by atoms with Crippen molar-refractivity contribution in [2.45, 2.75) is 38.5 Å². The van der Waals surface area contributed by atoms with Gasteiger partial charge in [0.1, 0.15) is 5.75 Å². The van der Waals surface area contributed by atoms with Gasteiger partial charge in [-0.05, 0) is 61.4 Å². The number of anilines is 1. The first-order valence-electron chi connectivity index (χ1n) is 9.68. The second kappa shape index (κ2) is 11.7. The molecule has 2 aromatic carbocycles. The van der Waals surface area contributed by atoms with E-state index in [1.165, 1.54) is 0 Å². The molecular formula is C22H29N3O3. The normalized spacial score (nSPS) is 10.9. The minimum atomic E-state index is -0.714. The van der Waals surface area contributed by atoms with Gasteiger partial charge in [-0.1, -0.05) is 19.3 Å². The Morgan fingerprint density at radius 2 is 1.39 bits per heavy atom. The van der Waals surface area contributed by atoms with Gasteiger partial charge in [-0.25, -0.2) is 0 Å². The average Bonchev–Trinajstić information content (AvgIpc) is 2.69. The summed E-state index contributed by atoms with van der Waals surface area (Å²) >= 11 is 0. The maximum atomic E-state index is 10.4. The molecule has 0 radical (unpaired) electrons. The number of ether oxygens (including phenoxy) is 1. The van der Waals surface area contributed by atoms with E-state index in [1.807, 2.05) is 67.5 Å². The summed E-state index contributed by atoms with van der Waals surface area (Å²) in [6.45, 7) is 0.665. The molecule has 0 saturated heterocycles. The van der Waals surface area contributed by atoms with Gasteiger partial charge in [-0.3, -0.25) is 4.79 Å². The maximum Gasteiger partial charge on any atom is 0.303 e. The lowest BCUT2D eigenvalue weighted by molar-refractivity contribution is -0.137. The van der Waals surface area contributed by atoms with E-state index in [2.05, 4.69) is 10.2 Å². The van der Waals surface area contributed by atoms with Crippen LogP contribution in [0.2, 0.25) is 0 Å². The van der Waals surface area contributed by atoms with E-state index in [0.717, 1.165) is 54.9 Å². The zero-order valence-electron chi connectivity index (χ0n) is 16.7. The Morgan fingerprint density at radius 1 is 0.857 bits per heavy atom. The molecule has 0 aliphatic rings. The molecule has 28 heavy (non-hydrogen) atoms. The fourth-order valence-electron chi connectivity index (χ4n) is 2.64. The van der Waals surface area contributed by atoms with E-state index in [-0.39, 0.29) is 6.42 Å². The lowest BCUT2D eigenvalue weighted by Crippen LogP contribution is -2.07. The van der Waals surface area contributed by atoms with E-state index < -0.39 is 5.97 Å². The van der Waals surface area contributed by atoms with Crippen LogP contribution in [-0.2, 0) is 4.79 Å². The minimum Gasteiger partial charge on any atom is -0.494 e. The van der Waals surface area contributed by atoms with Crippen molar-refractivity contribution in [1.82, 2.24) is 0 Å². The lowest BCUT2D eigenvalue weighted by atomic mass is 10.1. The number of carbonyl (C=O) groups is 1. The smallest absolute Gasteiger partial charge is 0.303 e. The van der Waals surface area contributed by atoms with Crippen LogP contribution in [0, 0.1) is 0 Å². The molecule has 0 aromatic heterocycles. The van der Waals surface area contributed by atoms with Crippen LogP contribution < -0.4 is 9.64 Å². The molecule has 6 nitrogen and oxygen atoms in total. The van der Waals surface area contributed by atoms with Crippen molar-refractivity contribution in [2.24, 2.45) is 10.2 Å². The number of aliphatic carboxylic acids is 1. The standard InChI is InChI=1S/C22H29N3O3/c1-25(2)20-13-9-18(10-14-20)23-24-19-11-15-21(16-12-19)28-17-7-5-3-4-6-8-22(26)27/h9-16H,3-8,17H2,1-2H3,(H,26,27). The molecule has 2 rings (SSSR count). The number of hydrogen-bond donors (Lipinski definition) is 1. The summed E-state index contributed by atoms with van der Waals surface area (Å²) < 4.78 is 5.73. The van der Waals surface area contributed by atoms with Crippen LogP contribution >= 0.6 is 0 Å². The quantitative estimate of drug-likeness (QED) is 0.362. The zero-order valence-corrected chi connectivity index (χ0v) is 16.7. The van der Waals surface area contributed by atoms with Crippen molar-refractivity contribution in [1.29, 1.82) is 0 Å². The first kappa shape index (κ1) is 21.4. The molecule has 0 aliphatic carbocycles. The van der Waals surface area contributed by atoms with Crippen LogP contribution in [-0.4, -0.2) is 31.8 Å². The van der Waals surface area contributed by atoms with Gasteiger partial charge < -0.3 is 14.7 Å². The molecular weight excluding hydrogens is 354 g/mol. The number of benzene rings is 2. The topological polar surface area (TPSA) is 74.5 Å². The van der Waals surface area contributed by atoms with E-state index in [4.69, 9.17) is 9.84 Å². The first-order chi connectivity index (χ1) is 13.5. The number of azo groups is 1. The average molecular weight is 383 g/mol. The maximum absolute atomic E-state index is 10.4. The third-order valence-corrected chi connectivity index (χ3v) is 4.29. The fourth-order valence-corrected chi connectivity index (χ4v) is 2.64. The van der Waals surface area contributed by atoms with Gasteiger partial charge in [0.05, 0.1) is 18.0 Å². The molecule has 0 spiro atoms. The van der Waals surface area contributed by atoms with Crippen molar-refractivity contribution in [3.63, 3.8) is 0 Å². The van der Waals surface area contributed by atoms with Gasteiger partial charge >= 0.3 is 5.97 Å². The summed E-state index contributed by atoms with van der Waals surface area (Å²) in [5.74, 6) is 0.105. The van der Waals surface area contributed by atoms with Crippen molar-refractivity contribution >= 4 is 23.0 Å². The van der Waals surface area contributed by atoms with Gasteiger partial charge in [0.2, 0.25) is 0 Å². The number of carboxylic acids is 1. The molecule has 0 amide bonds. The number of hydrogen-bond acceptors (Lipinski definition) is 5. The molecule has 0 fully saturated rings. The number of nitrogens with zero attached hydrogens (tertiary/aromatic N) is 3. The second-order valence-electron chi connectivity index (χ2n) is 6.86. The molecule has 0 atom stereocenters. The molecule has 6 heteroatoms. The number of rotatable bonds is 12. The molecule has 0 unspecified atom stereocenters. The highest BCUT2D eigenvalue weighted by atomic mass is 16.5. The highest BCUT2D eigenvalue weighted by Crippen LogP contribution is 2.23. The SMILES string of the molecule is CN(C)c1ccc(N=Nc2ccc(OCCCCCCCC(=O)O)cc2)cc1. The number of unbranched alkanes of at least 4 members (excludes halogenated alkanes) is 4. The van der Waals surface area contributed by atoms with Gasteiger partial charge in [-0.15, -0.1) is 0 Å². The van der Waals surface area contributed by atoms with Gasteiger partial charge in [0, 0.05) is 26.2 Å². The Bertz CT molecular complexity index is 741. The van der Waals surface area contributed by atoms with Crippen LogP contribution in [0.15, 0.2) is 58.8 Å². The summed E-state index contributed by atoms with van der Waals surface area (Å²) in [5, 5.41) is 17.1. The summed E-state index contributed by atoms with van der Waals surface area (Å²) in [6.07, 6.45) is 5.05. The summed E-state index contributed by atoms with van der Waals surface area (Å²) in [6, 6.07) is 15.5. The zero-order chi connectivity index (χ0) is 20.2.